The van der Waals surface area contributed by atoms with Gasteiger partial charge in [-0.1, -0.05) is 19.8 Å². The van der Waals surface area contributed by atoms with Gasteiger partial charge in [-0.2, -0.15) is 0 Å². The number of piperidine rings is 1. The largest absolute Gasteiger partial charge is 0.380 e. The smallest absolute Gasteiger partial charge is 0.0590 e. The van der Waals surface area contributed by atoms with Crippen molar-refractivity contribution < 1.29 is 4.74 Å². The zero-order valence-electron chi connectivity index (χ0n) is 12.7. The van der Waals surface area contributed by atoms with Crippen LogP contribution in [-0.2, 0) is 4.74 Å². The van der Waals surface area contributed by atoms with E-state index in [1.165, 1.54) is 58.0 Å². The number of rotatable bonds is 9. The molecule has 0 bridgehead atoms. The van der Waals surface area contributed by atoms with Crippen LogP contribution in [0.25, 0.3) is 0 Å². The van der Waals surface area contributed by atoms with Gasteiger partial charge in [0.05, 0.1) is 6.61 Å². The van der Waals surface area contributed by atoms with E-state index in [0.717, 1.165) is 38.3 Å². The van der Waals surface area contributed by atoms with Crippen molar-refractivity contribution in [3.63, 3.8) is 0 Å². The summed E-state index contributed by atoms with van der Waals surface area (Å²) in [5.74, 6) is 1.02. The normalized spacial score (nSPS) is 27.6. The maximum absolute atomic E-state index is 5.56. The summed E-state index contributed by atoms with van der Waals surface area (Å²) in [6.45, 7) is 8.69. The number of fused-ring (bicyclic) bond motifs is 1. The van der Waals surface area contributed by atoms with Crippen LogP contribution in [0.4, 0.5) is 0 Å². The van der Waals surface area contributed by atoms with E-state index in [-0.39, 0.29) is 0 Å². The Morgan fingerprint density at radius 3 is 2.89 bits per heavy atom. The number of nitrogens with zero attached hydrogens (tertiary/aromatic N) is 1. The van der Waals surface area contributed by atoms with Crippen molar-refractivity contribution in [1.82, 2.24) is 10.2 Å². The zero-order valence-corrected chi connectivity index (χ0v) is 12.7. The van der Waals surface area contributed by atoms with Crippen molar-refractivity contribution in [2.24, 2.45) is 5.92 Å². The Bertz CT molecular complexity index is 235. The van der Waals surface area contributed by atoms with Crippen LogP contribution in [0.1, 0.15) is 51.9 Å². The molecule has 2 fully saturated rings. The molecule has 2 rings (SSSR count). The van der Waals surface area contributed by atoms with Gasteiger partial charge in [0.25, 0.3) is 0 Å². The van der Waals surface area contributed by atoms with Crippen molar-refractivity contribution in [2.75, 3.05) is 39.4 Å². The average Bonchev–Trinajstić information content (AvgIpc) is 2.91. The van der Waals surface area contributed by atoms with Crippen LogP contribution in [-0.4, -0.2) is 50.3 Å². The van der Waals surface area contributed by atoms with Crippen LogP contribution in [0.2, 0.25) is 0 Å². The first kappa shape index (κ1) is 15.3. The lowest BCUT2D eigenvalue weighted by molar-refractivity contribution is 0.109. The van der Waals surface area contributed by atoms with E-state index in [0.29, 0.717) is 0 Å². The van der Waals surface area contributed by atoms with Crippen LogP contribution >= 0.6 is 0 Å². The summed E-state index contributed by atoms with van der Waals surface area (Å²) in [5.41, 5.74) is 0. The fourth-order valence-electron chi connectivity index (χ4n) is 3.68. The van der Waals surface area contributed by atoms with Crippen LogP contribution in [0.15, 0.2) is 0 Å². The monoisotopic (exact) mass is 268 g/mol. The van der Waals surface area contributed by atoms with Crippen molar-refractivity contribution in [1.29, 1.82) is 0 Å². The Morgan fingerprint density at radius 2 is 2.00 bits per heavy atom. The summed E-state index contributed by atoms with van der Waals surface area (Å²) in [6, 6.07) is 0.913. The third kappa shape index (κ3) is 5.05. The third-order valence-corrected chi connectivity index (χ3v) is 4.75. The molecule has 0 amide bonds. The summed E-state index contributed by atoms with van der Waals surface area (Å²) in [7, 11) is 0. The first-order valence-corrected chi connectivity index (χ1v) is 8.44. The SMILES string of the molecule is CCCCOCCNCCN1CCCC2CCCC21. The van der Waals surface area contributed by atoms with Crippen LogP contribution in [0.3, 0.4) is 0 Å². The standard InChI is InChI=1S/C16H32N2O/c1-2-3-13-19-14-10-17-9-12-18-11-5-7-15-6-4-8-16(15)18/h15-17H,2-14H2,1H3. The molecule has 3 nitrogen and oxygen atoms in total. The predicted molar refractivity (Wildman–Crippen MR) is 80.5 cm³/mol. The van der Waals surface area contributed by atoms with Gasteiger partial charge in [-0.15, -0.1) is 0 Å². The Hall–Kier alpha value is -0.120. The molecule has 0 spiro atoms. The molecule has 0 aromatic carbocycles. The van der Waals surface area contributed by atoms with E-state index < -0.39 is 0 Å². The number of ether oxygens (including phenoxy) is 1. The summed E-state index contributed by atoms with van der Waals surface area (Å²) >= 11 is 0. The second kappa shape index (κ2) is 8.93. The van der Waals surface area contributed by atoms with Gasteiger partial charge >= 0.3 is 0 Å². The number of hydrogen-bond donors (Lipinski definition) is 1. The minimum absolute atomic E-state index is 0.867. The average molecular weight is 268 g/mol. The highest BCUT2D eigenvalue weighted by Gasteiger charge is 2.34. The number of likely N-dealkylation sites (tertiary alicyclic amines) is 1. The first-order valence-electron chi connectivity index (χ1n) is 8.44. The highest BCUT2D eigenvalue weighted by atomic mass is 16.5. The Kier molecular flexibility index (Phi) is 7.18. The molecule has 0 aromatic rings. The van der Waals surface area contributed by atoms with Gasteiger partial charge in [0.1, 0.15) is 0 Å². The first-order chi connectivity index (χ1) is 9.42. The molecule has 112 valence electrons. The lowest BCUT2D eigenvalue weighted by Crippen LogP contribution is -2.45. The number of hydrogen-bond acceptors (Lipinski definition) is 3. The molecule has 0 radical (unpaired) electrons. The van der Waals surface area contributed by atoms with Gasteiger partial charge in [0, 0.05) is 32.3 Å². The fraction of sp³-hybridized carbons (Fsp3) is 1.00. The van der Waals surface area contributed by atoms with Crippen LogP contribution in [0, 0.1) is 5.92 Å². The number of nitrogens with one attached hydrogen (secondary N) is 1. The molecule has 2 unspecified atom stereocenters. The molecular formula is C16H32N2O. The van der Waals surface area contributed by atoms with Gasteiger partial charge in [-0.3, -0.25) is 4.90 Å². The summed E-state index contributed by atoms with van der Waals surface area (Å²) < 4.78 is 5.56. The molecule has 3 heteroatoms. The molecule has 19 heavy (non-hydrogen) atoms. The van der Waals surface area contributed by atoms with Gasteiger partial charge in [-0.25, -0.2) is 0 Å². The Morgan fingerprint density at radius 1 is 1.11 bits per heavy atom. The lowest BCUT2D eigenvalue weighted by atomic mass is 9.92. The van der Waals surface area contributed by atoms with Crippen LogP contribution in [0.5, 0.6) is 0 Å². The summed E-state index contributed by atoms with van der Waals surface area (Å²) in [5, 5.41) is 3.52. The van der Waals surface area contributed by atoms with Crippen LogP contribution < -0.4 is 5.32 Å². The molecular weight excluding hydrogens is 236 g/mol. The van der Waals surface area contributed by atoms with Crippen molar-refractivity contribution in [3.8, 4) is 0 Å². The van der Waals surface area contributed by atoms with E-state index in [4.69, 9.17) is 4.74 Å². The molecule has 1 aliphatic heterocycles. The molecule has 1 aliphatic carbocycles. The highest BCUT2D eigenvalue weighted by Crippen LogP contribution is 2.36. The van der Waals surface area contributed by atoms with Gasteiger partial charge in [0.2, 0.25) is 0 Å². The van der Waals surface area contributed by atoms with E-state index in [1.54, 1.807) is 0 Å². The Labute approximate surface area is 119 Å². The topological polar surface area (TPSA) is 24.5 Å². The lowest BCUT2D eigenvalue weighted by Gasteiger charge is -2.37. The van der Waals surface area contributed by atoms with Crippen molar-refractivity contribution >= 4 is 0 Å². The summed E-state index contributed by atoms with van der Waals surface area (Å²) in [6.07, 6.45) is 9.72. The molecule has 2 atom stereocenters. The van der Waals surface area contributed by atoms with Gasteiger partial charge in [0.15, 0.2) is 0 Å². The Balaban J connectivity index is 1.48. The second-order valence-corrected chi connectivity index (χ2v) is 6.15. The maximum Gasteiger partial charge on any atom is 0.0590 e. The fourth-order valence-corrected chi connectivity index (χ4v) is 3.68. The van der Waals surface area contributed by atoms with E-state index in [9.17, 15) is 0 Å². The molecule has 1 N–H and O–H groups in total. The van der Waals surface area contributed by atoms with E-state index in [2.05, 4.69) is 17.1 Å². The molecule has 1 heterocycles. The molecule has 0 aromatic heterocycles. The quantitative estimate of drug-likeness (QED) is 0.651. The minimum Gasteiger partial charge on any atom is -0.380 e. The third-order valence-electron chi connectivity index (χ3n) is 4.75. The second-order valence-electron chi connectivity index (χ2n) is 6.15. The van der Waals surface area contributed by atoms with Crippen molar-refractivity contribution in [2.45, 2.75) is 57.9 Å². The minimum atomic E-state index is 0.867. The molecule has 1 saturated carbocycles. The van der Waals surface area contributed by atoms with Gasteiger partial charge in [-0.05, 0) is 44.6 Å². The van der Waals surface area contributed by atoms with E-state index in [1.807, 2.05) is 0 Å². The number of unbranched alkanes of at least 4 members (excludes halogenated alkanes) is 1. The zero-order chi connectivity index (χ0) is 13.3. The molecule has 2 aliphatic rings. The van der Waals surface area contributed by atoms with E-state index >= 15 is 0 Å². The van der Waals surface area contributed by atoms with Gasteiger partial charge < -0.3 is 10.1 Å². The highest BCUT2D eigenvalue weighted by molar-refractivity contribution is 4.89. The predicted octanol–water partition coefficient (Wildman–Crippen LogP) is 2.66. The molecule has 1 saturated heterocycles. The summed E-state index contributed by atoms with van der Waals surface area (Å²) in [4.78, 5) is 2.74. The maximum atomic E-state index is 5.56. The van der Waals surface area contributed by atoms with Crippen molar-refractivity contribution in [3.05, 3.63) is 0 Å².